The Morgan fingerprint density at radius 1 is 1.33 bits per heavy atom. The van der Waals surface area contributed by atoms with Crippen LogP contribution in [-0.4, -0.2) is 33.3 Å². The zero-order valence-corrected chi connectivity index (χ0v) is 10.6. The summed E-state index contributed by atoms with van der Waals surface area (Å²) in [6.45, 7) is 2.38. The summed E-state index contributed by atoms with van der Waals surface area (Å²) in [6.07, 6.45) is 0. The molecular formula is C12H16N2O4. The first-order valence-electron chi connectivity index (χ1n) is 5.39. The summed E-state index contributed by atoms with van der Waals surface area (Å²) in [5.41, 5.74) is 0.594. The van der Waals surface area contributed by atoms with Gasteiger partial charge in [0.2, 0.25) is 0 Å². The molecule has 0 heterocycles. The molecule has 98 valence electrons. The second-order valence-electron chi connectivity index (χ2n) is 3.53. The molecular weight excluding hydrogens is 236 g/mol. The first-order valence-corrected chi connectivity index (χ1v) is 5.39. The highest BCUT2D eigenvalue weighted by atomic mass is 16.5. The molecule has 0 N–H and O–H groups in total. The number of nitrogens with zero attached hydrogens (tertiary/aromatic N) is 2. The molecule has 0 aliphatic carbocycles. The molecule has 1 rings (SSSR count). The SMILES string of the molecule is COc1ccc(/N=N/C(C)COC=O)c(OC)c1. The molecule has 1 atom stereocenters. The van der Waals surface area contributed by atoms with Crippen LogP contribution in [0.1, 0.15) is 6.92 Å². The van der Waals surface area contributed by atoms with E-state index in [1.165, 1.54) is 0 Å². The van der Waals surface area contributed by atoms with Crippen molar-refractivity contribution in [2.45, 2.75) is 13.0 Å². The minimum atomic E-state index is -0.206. The van der Waals surface area contributed by atoms with Crippen LogP contribution < -0.4 is 9.47 Å². The van der Waals surface area contributed by atoms with Gasteiger partial charge < -0.3 is 14.2 Å². The molecule has 0 aliphatic rings. The highest BCUT2D eigenvalue weighted by Gasteiger charge is 2.05. The van der Waals surface area contributed by atoms with E-state index in [2.05, 4.69) is 15.0 Å². The van der Waals surface area contributed by atoms with Crippen LogP contribution in [0.15, 0.2) is 28.4 Å². The monoisotopic (exact) mass is 252 g/mol. The van der Waals surface area contributed by atoms with E-state index in [1.807, 2.05) is 0 Å². The lowest BCUT2D eigenvalue weighted by molar-refractivity contribution is -0.129. The number of benzene rings is 1. The van der Waals surface area contributed by atoms with E-state index >= 15 is 0 Å². The Kier molecular flexibility index (Phi) is 5.63. The van der Waals surface area contributed by atoms with Crippen LogP contribution in [-0.2, 0) is 9.53 Å². The minimum absolute atomic E-state index is 0.200. The lowest BCUT2D eigenvalue weighted by Gasteiger charge is -2.07. The van der Waals surface area contributed by atoms with Crippen LogP contribution in [0.5, 0.6) is 11.5 Å². The second kappa shape index (κ2) is 7.26. The van der Waals surface area contributed by atoms with Gasteiger partial charge in [0, 0.05) is 6.07 Å². The third-order valence-corrected chi connectivity index (χ3v) is 2.15. The Balaban J connectivity index is 2.76. The van der Waals surface area contributed by atoms with Gasteiger partial charge in [0.05, 0.1) is 14.2 Å². The van der Waals surface area contributed by atoms with Gasteiger partial charge in [-0.15, -0.1) is 0 Å². The van der Waals surface area contributed by atoms with Crippen LogP contribution in [0.3, 0.4) is 0 Å². The molecule has 1 aromatic rings. The van der Waals surface area contributed by atoms with Crippen molar-refractivity contribution in [3.05, 3.63) is 18.2 Å². The maximum atomic E-state index is 10.0. The van der Waals surface area contributed by atoms with Gasteiger partial charge in [-0.3, -0.25) is 4.79 Å². The molecule has 0 bridgehead atoms. The molecule has 18 heavy (non-hydrogen) atoms. The zero-order chi connectivity index (χ0) is 13.4. The summed E-state index contributed by atoms with van der Waals surface area (Å²) in [6, 6.07) is 5.03. The third-order valence-electron chi connectivity index (χ3n) is 2.15. The van der Waals surface area contributed by atoms with E-state index in [4.69, 9.17) is 9.47 Å². The first-order chi connectivity index (χ1) is 8.71. The lowest BCUT2D eigenvalue weighted by atomic mass is 10.3. The van der Waals surface area contributed by atoms with Crippen LogP contribution in [0.25, 0.3) is 0 Å². The van der Waals surface area contributed by atoms with E-state index in [0.717, 1.165) is 0 Å². The molecule has 1 aromatic carbocycles. The summed E-state index contributed by atoms with van der Waals surface area (Å²) < 4.78 is 14.9. The van der Waals surface area contributed by atoms with Crippen molar-refractivity contribution in [3.63, 3.8) is 0 Å². The number of carbonyl (C=O) groups is 1. The number of rotatable bonds is 7. The van der Waals surface area contributed by atoms with Gasteiger partial charge in [-0.2, -0.15) is 10.2 Å². The van der Waals surface area contributed by atoms with Crippen LogP contribution in [0, 0.1) is 0 Å². The fourth-order valence-electron chi connectivity index (χ4n) is 1.24. The molecule has 6 heteroatoms. The number of hydrogen-bond donors (Lipinski definition) is 0. The zero-order valence-electron chi connectivity index (χ0n) is 10.6. The largest absolute Gasteiger partial charge is 0.497 e. The predicted octanol–water partition coefficient (Wildman–Crippen LogP) is 2.35. The van der Waals surface area contributed by atoms with Gasteiger partial charge in [0.1, 0.15) is 29.8 Å². The fourth-order valence-corrected chi connectivity index (χ4v) is 1.24. The summed E-state index contributed by atoms with van der Waals surface area (Å²) in [4.78, 5) is 10.0. The summed E-state index contributed by atoms with van der Waals surface area (Å²) in [5, 5.41) is 8.07. The highest BCUT2D eigenvalue weighted by Crippen LogP contribution is 2.31. The Bertz CT molecular complexity index is 421. The number of azo groups is 1. The van der Waals surface area contributed by atoms with Crippen molar-refractivity contribution in [3.8, 4) is 11.5 Å². The lowest BCUT2D eigenvalue weighted by Crippen LogP contribution is -2.07. The third kappa shape index (κ3) is 4.04. The first kappa shape index (κ1) is 14.0. The van der Waals surface area contributed by atoms with Crippen molar-refractivity contribution < 1.29 is 19.0 Å². The van der Waals surface area contributed by atoms with Crippen LogP contribution in [0.2, 0.25) is 0 Å². The van der Waals surface area contributed by atoms with E-state index in [0.29, 0.717) is 23.7 Å². The van der Waals surface area contributed by atoms with E-state index in [-0.39, 0.29) is 12.6 Å². The van der Waals surface area contributed by atoms with Crippen LogP contribution >= 0.6 is 0 Å². The fraction of sp³-hybridized carbons (Fsp3) is 0.417. The van der Waals surface area contributed by atoms with Gasteiger partial charge in [0.25, 0.3) is 6.47 Å². The van der Waals surface area contributed by atoms with Crippen molar-refractivity contribution in [1.82, 2.24) is 0 Å². The molecule has 6 nitrogen and oxygen atoms in total. The molecule has 0 aromatic heterocycles. The van der Waals surface area contributed by atoms with Crippen molar-refractivity contribution in [1.29, 1.82) is 0 Å². The maximum Gasteiger partial charge on any atom is 0.293 e. The highest BCUT2D eigenvalue weighted by molar-refractivity contribution is 5.54. The maximum absolute atomic E-state index is 10.0. The molecule has 0 radical (unpaired) electrons. The Hall–Kier alpha value is -2.11. The Morgan fingerprint density at radius 3 is 2.72 bits per heavy atom. The molecule has 0 saturated carbocycles. The van der Waals surface area contributed by atoms with Gasteiger partial charge >= 0.3 is 0 Å². The van der Waals surface area contributed by atoms with Crippen molar-refractivity contribution >= 4 is 12.2 Å². The second-order valence-corrected chi connectivity index (χ2v) is 3.53. The molecule has 0 spiro atoms. The van der Waals surface area contributed by atoms with E-state index < -0.39 is 0 Å². The summed E-state index contributed by atoms with van der Waals surface area (Å²) in [5.74, 6) is 1.25. The number of carbonyl (C=O) groups excluding carboxylic acids is 1. The van der Waals surface area contributed by atoms with E-state index in [1.54, 1.807) is 39.3 Å². The summed E-state index contributed by atoms with van der Waals surface area (Å²) >= 11 is 0. The Morgan fingerprint density at radius 2 is 2.11 bits per heavy atom. The minimum Gasteiger partial charge on any atom is -0.497 e. The molecule has 0 fully saturated rings. The van der Waals surface area contributed by atoms with Crippen LogP contribution in [0.4, 0.5) is 5.69 Å². The molecule has 0 amide bonds. The standard InChI is InChI=1S/C12H16N2O4/c1-9(7-18-8-15)13-14-11-5-4-10(16-2)6-12(11)17-3/h4-6,8-9H,7H2,1-3H3/b14-13+. The predicted molar refractivity (Wildman–Crippen MR) is 65.5 cm³/mol. The summed E-state index contributed by atoms with van der Waals surface area (Å²) in [7, 11) is 3.13. The number of ether oxygens (including phenoxy) is 3. The van der Waals surface area contributed by atoms with Crippen molar-refractivity contribution in [2.24, 2.45) is 10.2 Å². The quantitative estimate of drug-likeness (QED) is 0.551. The van der Waals surface area contributed by atoms with Gasteiger partial charge in [-0.25, -0.2) is 0 Å². The number of methoxy groups -OCH3 is 2. The average molecular weight is 252 g/mol. The number of hydrogen-bond acceptors (Lipinski definition) is 6. The van der Waals surface area contributed by atoms with Gasteiger partial charge in [-0.05, 0) is 19.1 Å². The average Bonchev–Trinajstić information content (AvgIpc) is 2.42. The van der Waals surface area contributed by atoms with Gasteiger partial charge in [-0.1, -0.05) is 0 Å². The topological polar surface area (TPSA) is 69.5 Å². The Labute approximate surface area is 106 Å². The van der Waals surface area contributed by atoms with Crippen molar-refractivity contribution in [2.75, 3.05) is 20.8 Å². The normalized spacial score (nSPS) is 12.2. The molecule has 1 unspecified atom stereocenters. The smallest absolute Gasteiger partial charge is 0.293 e. The van der Waals surface area contributed by atoms with Gasteiger partial charge in [0.15, 0.2) is 0 Å². The molecule has 0 aliphatic heterocycles. The van der Waals surface area contributed by atoms with E-state index in [9.17, 15) is 4.79 Å². The molecule has 0 saturated heterocycles.